The van der Waals surface area contributed by atoms with Crippen LogP contribution < -0.4 is 4.57 Å². The largest absolute Gasteiger partial charge is 0.252 e. The maximum atomic E-state index is 4.00. The highest BCUT2D eigenvalue weighted by atomic mass is 15.0. The fourth-order valence-corrected chi connectivity index (χ4v) is 1.52. The lowest BCUT2D eigenvalue weighted by Gasteiger charge is -2.03. The van der Waals surface area contributed by atoms with E-state index in [0.29, 0.717) is 5.92 Å². The SMILES string of the molecule is CC(C)c1ccc(-[n+]2ccncc2)cc1. The van der Waals surface area contributed by atoms with Crippen molar-refractivity contribution in [3.05, 3.63) is 54.6 Å². The fourth-order valence-electron chi connectivity index (χ4n) is 1.52. The molecule has 2 nitrogen and oxygen atoms in total. The van der Waals surface area contributed by atoms with E-state index >= 15 is 0 Å². The van der Waals surface area contributed by atoms with Gasteiger partial charge >= 0.3 is 0 Å². The van der Waals surface area contributed by atoms with E-state index in [2.05, 4.69) is 47.7 Å². The van der Waals surface area contributed by atoms with Gasteiger partial charge < -0.3 is 0 Å². The van der Waals surface area contributed by atoms with Gasteiger partial charge in [0.25, 0.3) is 0 Å². The number of aromatic nitrogens is 2. The van der Waals surface area contributed by atoms with Gasteiger partial charge in [-0.2, -0.15) is 4.57 Å². The van der Waals surface area contributed by atoms with E-state index in [0.717, 1.165) is 0 Å². The number of nitrogens with zero attached hydrogens (tertiary/aromatic N) is 2. The molecule has 0 saturated carbocycles. The zero-order valence-corrected chi connectivity index (χ0v) is 9.09. The summed E-state index contributed by atoms with van der Waals surface area (Å²) in [5.41, 5.74) is 2.54. The topological polar surface area (TPSA) is 16.8 Å². The Morgan fingerprint density at radius 3 is 2.13 bits per heavy atom. The smallest absolute Gasteiger partial charge is 0.210 e. The first kappa shape index (κ1) is 9.84. The lowest BCUT2D eigenvalue weighted by molar-refractivity contribution is -0.596. The van der Waals surface area contributed by atoms with Crippen molar-refractivity contribution in [2.75, 3.05) is 0 Å². The Hall–Kier alpha value is -1.70. The van der Waals surface area contributed by atoms with Crippen LogP contribution in [0, 0.1) is 0 Å². The standard InChI is InChI=1S/C13H15N2/c1-11(2)12-3-5-13(6-4-12)15-9-7-14-8-10-15/h3-11H,1-2H3/q+1. The second kappa shape index (κ2) is 4.22. The minimum absolute atomic E-state index is 0.585. The number of hydrogen-bond acceptors (Lipinski definition) is 1. The third kappa shape index (κ3) is 2.21. The van der Waals surface area contributed by atoms with Gasteiger partial charge in [-0.15, -0.1) is 0 Å². The molecule has 1 heterocycles. The molecule has 0 fully saturated rings. The van der Waals surface area contributed by atoms with Crippen LogP contribution in [-0.4, -0.2) is 4.98 Å². The first-order chi connectivity index (χ1) is 7.27. The summed E-state index contributed by atoms with van der Waals surface area (Å²) in [7, 11) is 0. The molecule has 0 aliphatic carbocycles. The molecule has 0 bridgehead atoms. The van der Waals surface area contributed by atoms with Gasteiger partial charge in [0.05, 0.1) is 12.4 Å². The summed E-state index contributed by atoms with van der Waals surface area (Å²) in [6.07, 6.45) is 7.47. The van der Waals surface area contributed by atoms with Crippen molar-refractivity contribution in [3.63, 3.8) is 0 Å². The Balaban J connectivity index is 2.32. The molecule has 0 saturated heterocycles. The van der Waals surface area contributed by atoms with Gasteiger partial charge in [-0.25, -0.2) is 0 Å². The van der Waals surface area contributed by atoms with Crippen molar-refractivity contribution in [2.45, 2.75) is 19.8 Å². The number of hydrogen-bond donors (Lipinski definition) is 0. The van der Waals surface area contributed by atoms with Crippen LogP contribution in [0.1, 0.15) is 25.3 Å². The Morgan fingerprint density at radius 1 is 1.00 bits per heavy atom. The van der Waals surface area contributed by atoms with E-state index in [1.54, 1.807) is 12.4 Å². The van der Waals surface area contributed by atoms with E-state index in [9.17, 15) is 0 Å². The molecule has 2 rings (SSSR count). The van der Waals surface area contributed by atoms with Crippen LogP contribution in [0.3, 0.4) is 0 Å². The van der Waals surface area contributed by atoms with Crippen molar-refractivity contribution in [1.82, 2.24) is 4.98 Å². The molecule has 2 heteroatoms. The highest BCUT2D eigenvalue weighted by Crippen LogP contribution is 2.14. The van der Waals surface area contributed by atoms with Gasteiger partial charge in [0.1, 0.15) is 0 Å². The normalized spacial score (nSPS) is 10.6. The molecule has 0 N–H and O–H groups in total. The van der Waals surface area contributed by atoms with Crippen LogP contribution >= 0.6 is 0 Å². The maximum absolute atomic E-state index is 4.00. The molecule has 0 spiro atoms. The second-order valence-corrected chi connectivity index (χ2v) is 3.90. The molecular weight excluding hydrogens is 184 g/mol. The molecule has 1 aromatic carbocycles. The number of benzene rings is 1. The minimum Gasteiger partial charge on any atom is -0.252 e. The summed E-state index contributed by atoms with van der Waals surface area (Å²) < 4.78 is 2.05. The fraction of sp³-hybridized carbons (Fsp3) is 0.231. The van der Waals surface area contributed by atoms with Crippen LogP contribution in [0.5, 0.6) is 0 Å². The van der Waals surface area contributed by atoms with Crippen LogP contribution in [0.15, 0.2) is 49.1 Å². The van der Waals surface area contributed by atoms with Crippen molar-refractivity contribution >= 4 is 0 Å². The van der Waals surface area contributed by atoms with Gasteiger partial charge in [0, 0.05) is 12.1 Å². The molecule has 0 aliphatic rings. The first-order valence-electron chi connectivity index (χ1n) is 5.19. The molecular formula is C13H15N2+. The van der Waals surface area contributed by atoms with Gasteiger partial charge in [0.2, 0.25) is 5.69 Å². The van der Waals surface area contributed by atoms with Crippen LogP contribution in [0.2, 0.25) is 0 Å². The van der Waals surface area contributed by atoms with Gasteiger partial charge in [-0.3, -0.25) is 4.98 Å². The average Bonchev–Trinajstić information content (AvgIpc) is 2.30. The Morgan fingerprint density at radius 2 is 1.60 bits per heavy atom. The second-order valence-electron chi connectivity index (χ2n) is 3.90. The summed E-state index contributed by atoms with van der Waals surface area (Å²) in [5, 5.41) is 0. The predicted octanol–water partition coefficient (Wildman–Crippen LogP) is 2.48. The minimum atomic E-state index is 0.585. The molecule has 1 aromatic heterocycles. The van der Waals surface area contributed by atoms with Crippen LogP contribution in [0.25, 0.3) is 5.69 Å². The third-order valence-corrected chi connectivity index (χ3v) is 2.48. The molecule has 0 aliphatic heterocycles. The zero-order chi connectivity index (χ0) is 10.7. The molecule has 2 aromatic rings. The van der Waals surface area contributed by atoms with E-state index in [4.69, 9.17) is 0 Å². The van der Waals surface area contributed by atoms with Crippen LogP contribution in [0.4, 0.5) is 0 Å². The van der Waals surface area contributed by atoms with E-state index < -0.39 is 0 Å². The lowest BCUT2D eigenvalue weighted by Crippen LogP contribution is -2.29. The number of rotatable bonds is 2. The predicted molar refractivity (Wildman–Crippen MR) is 59.9 cm³/mol. The Labute approximate surface area is 90.2 Å². The Kier molecular flexibility index (Phi) is 2.77. The summed E-state index contributed by atoms with van der Waals surface area (Å²) in [4.78, 5) is 4.00. The first-order valence-corrected chi connectivity index (χ1v) is 5.19. The highest BCUT2D eigenvalue weighted by molar-refractivity contribution is 5.28. The lowest BCUT2D eigenvalue weighted by atomic mass is 10.0. The molecule has 0 atom stereocenters. The van der Waals surface area contributed by atoms with Gasteiger partial charge in [0.15, 0.2) is 12.4 Å². The average molecular weight is 199 g/mol. The van der Waals surface area contributed by atoms with E-state index in [1.807, 2.05) is 12.4 Å². The quantitative estimate of drug-likeness (QED) is 0.679. The summed E-state index contributed by atoms with van der Waals surface area (Å²) in [6.45, 7) is 4.41. The Bertz CT molecular complexity index is 418. The third-order valence-electron chi connectivity index (χ3n) is 2.48. The summed E-state index contributed by atoms with van der Waals surface area (Å²) >= 11 is 0. The monoisotopic (exact) mass is 199 g/mol. The molecule has 15 heavy (non-hydrogen) atoms. The van der Waals surface area contributed by atoms with Crippen molar-refractivity contribution in [1.29, 1.82) is 0 Å². The molecule has 0 amide bonds. The van der Waals surface area contributed by atoms with Crippen molar-refractivity contribution in [2.24, 2.45) is 0 Å². The maximum Gasteiger partial charge on any atom is 0.210 e. The summed E-state index contributed by atoms with van der Waals surface area (Å²) in [5.74, 6) is 0.585. The van der Waals surface area contributed by atoms with E-state index in [-0.39, 0.29) is 0 Å². The molecule has 0 unspecified atom stereocenters. The summed E-state index contributed by atoms with van der Waals surface area (Å²) in [6, 6.07) is 8.62. The van der Waals surface area contributed by atoms with Crippen molar-refractivity contribution < 1.29 is 4.57 Å². The van der Waals surface area contributed by atoms with Gasteiger partial charge in [-0.1, -0.05) is 26.0 Å². The molecule has 76 valence electrons. The van der Waals surface area contributed by atoms with E-state index in [1.165, 1.54) is 11.3 Å². The van der Waals surface area contributed by atoms with Crippen molar-refractivity contribution in [3.8, 4) is 5.69 Å². The van der Waals surface area contributed by atoms with Gasteiger partial charge in [-0.05, 0) is 11.5 Å². The zero-order valence-electron chi connectivity index (χ0n) is 9.09. The van der Waals surface area contributed by atoms with Crippen LogP contribution in [-0.2, 0) is 0 Å². The highest BCUT2D eigenvalue weighted by Gasteiger charge is 2.05. The molecule has 0 radical (unpaired) electrons.